The van der Waals surface area contributed by atoms with Crippen LogP contribution in [0.3, 0.4) is 0 Å². The van der Waals surface area contributed by atoms with E-state index in [1.807, 2.05) is 4.90 Å². The summed E-state index contributed by atoms with van der Waals surface area (Å²) in [4.78, 5) is 25.4. The number of nitrogens with zero attached hydrogens (tertiary/aromatic N) is 1. The monoisotopic (exact) mass is 269 g/mol. The Morgan fingerprint density at radius 2 is 1.89 bits per heavy atom. The van der Waals surface area contributed by atoms with Crippen LogP contribution in [0.1, 0.15) is 46.5 Å². The van der Waals surface area contributed by atoms with E-state index in [0.717, 1.165) is 19.4 Å². The van der Waals surface area contributed by atoms with Gasteiger partial charge in [-0.15, -0.1) is 0 Å². The van der Waals surface area contributed by atoms with Crippen molar-refractivity contribution in [3.8, 4) is 0 Å². The van der Waals surface area contributed by atoms with Crippen molar-refractivity contribution in [3.05, 3.63) is 0 Å². The smallest absolute Gasteiger partial charge is 0.223 e. The van der Waals surface area contributed by atoms with Gasteiger partial charge in [0.15, 0.2) is 0 Å². The van der Waals surface area contributed by atoms with Crippen molar-refractivity contribution in [1.82, 2.24) is 4.90 Å². The summed E-state index contributed by atoms with van der Waals surface area (Å²) in [5, 5.41) is 0. The maximum atomic E-state index is 12.3. The van der Waals surface area contributed by atoms with Crippen molar-refractivity contribution in [2.75, 3.05) is 20.3 Å². The molecule has 0 bridgehead atoms. The number of ketones is 1. The van der Waals surface area contributed by atoms with Gasteiger partial charge in [-0.2, -0.15) is 0 Å². The first-order valence-electron chi connectivity index (χ1n) is 7.23. The zero-order chi connectivity index (χ0) is 14.4. The molecule has 1 heterocycles. The standard InChI is InChI=1S/C15H27NO3/c1-11(8-13(3)17)12(2)9-15(18)16-7-5-6-14(16)10-19-4/h11-12,14H,5-10H2,1-4H3/t11?,12?,14-/m0/s1. The number of methoxy groups -OCH3 is 1. The van der Waals surface area contributed by atoms with Crippen LogP contribution >= 0.6 is 0 Å². The molecule has 1 aliphatic heterocycles. The van der Waals surface area contributed by atoms with Crippen LogP contribution in [0.5, 0.6) is 0 Å². The van der Waals surface area contributed by atoms with Crippen LogP contribution in [0.2, 0.25) is 0 Å². The molecule has 0 N–H and O–H groups in total. The number of likely N-dealkylation sites (tertiary alicyclic amines) is 1. The second kappa shape index (κ2) is 7.63. The minimum atomic E-state index is 0.199. The molecule has 4 heteroatoms. The lowest BCUT2D eigenvalue weighted by atomic mass is 9.88. The molecule has 0 aromatic rings. The van der Waals surface area contributed by atoms with Gasteiger partial charge in [-0.05, 0) is 31.6 Å². The minimum Gasteiger partial charge on any atom is -0.383 e. The normalized spacial score (nSPS) is 22.3. The fourth-order valence-electron chi connectivity index (χ4n) is 2.78. The molecule has 0 spiro atoms. The molecule has 0 saturated carbocycles. The van der Waals surface area contributed by atoms with Gasteiger partial charge in [-0.1, -0.05) is 13.8 Å². The highest BCUT2D eigenvalue weighted by atomic mass is 16.5. The number of hydrogen-bond donors (Lipinski definition) is 0. The Labute approximate surface area is 116 Å². The summed E-state index contributed by atoms with van der Waals surface area (Å²) in [6.45, 7) is 7.20. The first-order chi connectivity index (χ1) is 8.95. The molecule has 110 valence electrons. The van der Waals surface area contributed by atoms with E-state index >= 15 is 0 Å². The number of carbonyl (C=O) groups excluding carboxylic acids is 2. The van der Waals surface area contributed by atoms with Crippen molar-refractivity contribution in [2.45, 2.75) is 52.5 Å². The third-order valence-electron chi connectivity index (χ3n) is 4.13. The molecule has 2 unspecified atom stereocenters. The molecule has 1 fully saturated rings. The molecular formula is C15H27NO3. The van der Waals surface area contributed by atoms with E-state index < -0.39 is 0 Å². The molecule has 0 aliphatic carbocycles. The summed E-state index contributed by atoms with van der Waals surface area (Å²) < 4.78 is 5.17. The van der Waals surface area contributed by atoms with Gasteiger partial charge < -0.3 is 14.4 Å². The summed E-state index contributed by atoms with van der Waals surface area (Å²) in [5.74, 6) is 0.929. The number of ether oxygens (including phenoxy) is 1. The molecule has 19 heavy (non-hydrogen) atoms. The summed E-state index contributed by atoms with van der Waals surface area (Å²) in [7, 11) is 1.68. The van der Waals surface area contributed by atoms with E-state index in [-0.39, 0.29) is 29.6 Å². The summed E-state index contributed by atoms with van der Waals surface area (Å²) in [6, 6.07) is 0.243. The molecule has 1 amide bonds. The van der Waals surface area contributed by atoms with E-state index in [0.29, 0.717) is 19.4 Å². The van der Waals surface area contributed by atoms with Crippen molar-refractivity contribution < 1.29 is 14.3 Å². The summed E-state index contributed by atoms with van der Waals surface area (Å²) >= 11 is 0. The molecule has 3 atom stereocenters. The molecule has 1 aliphatic rings. The Morgan fingerprint density at radius 1 is 1.26 bits per heavy atom. The lowest BCUT2D eigenvalue weighted by Crippen LogP contribution is -2.39. The Balaban J connectivity index is 2.47. The molecule has 0 radical (unpaired) electrons. The molecule has 1 saturated heterocycles. The highest BCUT2D eigenvalue weighted by Gasteiger charge is 2.30. The average Bonchev–Trinajstić information content (AvgIpc) is 2.76. The zero-order valence-electron chi connectivity index (χ0n) is 12.6. The Hall–Kier alpha value is -0.900. The fraction of sp³-hybridized carbons (Fsp3) is 0.867. The third kappa shape index (κ3) is 4.94. The first-order valence-corrected chi connectivity index (χ1v) is 7.23. The van der Waals surface area contributed by atoms with Gasteiger partial charge in [-0.25, -0.2) is 0 Å². The number of carbonyl (C=O) groups is 2. The van der Waals surface area contributed by atoms with Crippen LogP contribution < -0.4 is 0 Å². The molecule has 1 rings (SSSR count). The Morgan fingerprint density at radius 3 is 2.47 bits per heavy atom. The predicted octanol–water partition coefficient (Wildman–Crippen LogP) is 2.27. The van der Waals surface area contributed by atoms with Crippen LogP contribution in [0, 0.1) is 11.8 Å². The van der Waals surface area contributed by atoms with Crippen LogP contribution in [-0.2, 0) is 14.3 Å². The topological polar surface area (TPSA) is 46.6 Å². The molecule has 4 nitrogen and oxygen atoms in total. The number of rotatable bonds is 7. The van der Waals surface area contributed by atoms with Crippen LogP contribution in [0.25, 0.3) is 0 Å². The number of amides is 1. The second-order valence-electron chi connectivity index (χ2n) is 5.90. The third-order valence-corrected chi connectivity index (χ3v) is 4.13. The summed E-state index contributed by atoms with van der Waals surface area (Å²) in [6.07, 6.45) is 3.21. The van der Waals surface area contributed by atoms with Gasteiger partial charge in [-0.3, -0.25) is 4.79 Å². The van der Waals surface area contributed by atoms with Gasteiger partial charge in [0.2, 0.25) is 5.91 Å². The van der Waals surface area contributed by atoms with Crippen molar-refractivity contribution >= 4 is 11.7 Å². The quantitative estimate of drug-likeness (QED) is 0.712. The fourth-order valence-corrected chi connectivity index (χ4v) is 2.78. The van der Waals surface area contributed by atoms with Crippen LogP contribution in [-0.4, -0.2) is 42.9 Å². The van der Waals surface area contributed by atoms with Gasteiger partial charge >= 0.3 is 0 Å². The maximum Gasteiger partial charge on any atom is 0.223 e. The number of Topliss-reactive ketones (excluding diaryl/α,β-unsaturated/α-hetero) is 1. The maximum absolute atomic E-state index is 12.3. The van der Waals surface area contributed by atoms with Gasteiger partial charge in [0, 0.05) is 26.5 Å². The van der Waals surface area contributed by atoms with Gasteiger partial charge in [0.25, 0.3) is 0 Å². The average molecular weight is 269 g/mol. The minimum absolute atomic E-state index is 0.199. The molecular weight excluding hydrogens is 242 g/mol. The highest BCUT2D eigenvalue weighted by Crippen LogP contribution is 2.24. The van der Waals surface area contributed by atoms with Crippen LogP contribution in [0.15, 0.2) is 0 Å². The second-order valence-corrected chi connectivity index (χ2v) is 5.90. The highest BCUT2D eigenvalue weighted by molar-refractivity contribution is 5.78. The van der Waals surface area contributed by atoms with E-state index in [1.165, 1.54) is 0 Å². The van der Waals surface area contributed by atoms with Gasteiger partial charge in [0.1, 0.15) is 5.78 Å². The Kier molecular flexibility index (Phi) is 6.49. The summed E-state index contributed by atoms with van der Waals surface area (Å²) in [5.41, 5.74) is 0. The van der Waals surface area contributed by atoms with Crippen LogP contribution in [0.4, 0.5) is 0 Å². The first kappa shape index (κ1) is 16.2. The molecule has 0 aromatic heterocycles. The SMILES string of the molecule is COC[C@@H]1CCCN1C(=O)CC(C)C(C)CC(C)=O. The lowest BCUT2D eigenvalue weighted by molar-refractivity contribution is -0.134. The molecule has 0 aromatic carbocycles. The lowest BCUT2D eigenvalue weighted by Gasteiger charge is -2.27. The number of hydrogen-bond acceptors (Lipinski definition) is 3. The predicted molar refractivity (Wildman–Crippen MR) is 74.9 cm³/mol. The van der Waals surface area contributed by atoms with E-state index in [9.17, 15) is 9.59 Å². The Bertz CT molecular complexity index is 317. The van der Waals surface area contributed by atoms with Crippen molar-refractivity contribution in [3.63, 3.8) is 0 Å². The van der Waals surface area contributed by atoms with Crippen molar-refractivity contribution in [2.24, 2.45) is 11.8 Å². The van der Waals surface area contributed by atoms with Gasteiger partial charge in [0.05, 0.1) is 12.6 Å². The van der Waals surface area contributed by atoms with E-state index in [4.69, 9.17) is 4.74 Å². The zero-order valence-corrected chi connectivity index (χ0v) is 12.6. The largest absolute Gasteiger partial charge is 0.383 e. The van der Waals surface area contributed by atoms with Crippen molar-refractivity contribution in [1.29, 1.82) is 0 Å². The van der Waals surface area contributed by atoms with E-state index in [2.05, 4.69) is 13.8 Å². The van der Waals surface area contributed by atoms with E-state index in [1.54, 1.807) is 14.0 Å².